The standard InChI is InChI=1S/C31H33F2N9O11P2S2/c1-40(2)7-14-5-3-4-6-15(14)28(44)39-25-21-27(36-11-34-25)42(13-38-21)30-20(33)23-18(51-30)10-49-55(47,57)53-24-22(43)17(9-48-54(46,56)52-23)50-31(24)41-8-16(32)19-26(41)35-12-37-29(19)45/h3-6,8,11-13,17-18,20,22-24,30-31,43H,7,9-10H2,1-2H3,(H,46,56)(H,47,57)(H,35,37,45)(H,34,36,39,44)/t17-,18-,20-,22-,23-,24-,30-,31-,54?,55?/m1/s1. The van der Waals surface area contributed by atoms with Crippen molar-refractivity contribution in [2.24, 2.45) is 0 Å². The van der Waals surface area contributed by atoms with Gasteiger partial charge in [-0.2, -0.15) is 0 Å². The number of H-pyrrole nitrogens is 1. The molecule has 0 saturated carbocycles. The number of benzene rings is 1. The molecule has 3 aliphatic rings. The fourth-order valence-electron chi connectivity index (χ4n) is 6.84. The lowest BCUT2D eigenvalue weighted by Gasteiger charge is -2.27. The summed E-state index contributed by atoms with van der Waals surface area (Å²) in [5.41, 5.74) is 0.312. The number of carbonyl (C=O) groups excluding carboxylic acids is 1. The van der Waals surface area contributed by atoms with Crippen molar-refractivity contribution in [3.63, 3.8) is 0 Å². The number of fused-ring (bicyclic) bond motifs is 5. The molecule has 20 nitrogen and oxygen atoms in total. The number of imidazole rings is 1. The van der Waals surface area contributed by atoms with E-state index in [9.17, 15) is 28.5 Å². The van der Waals surface area contributed by atoms with Crippen LogP contribution in [0.3, 0.4) is 0 Å². The van der Waals surface area contributed by atoms with Gasteiger partial charge in [0.25, 0.3) is 11.5 Å². The van der Waals surface area contributed by atoms with Crippen molar-refractivity contribution in [2.45, 2.75) is 55.7 Å². The maximum atomic E-state index is 16.5. The number of aliphatic hydroxyl groups excluding tert-OH is 1. The fourth-order valence-corrected chi connectivity index (χ4v) is 9.74. The normalized spacial score (nSPS) is 32.2. The van der Waals surface area contributed by atoms with Gasteiger partial charge in [-0.05, 0) is 37.5 Å². The zero-order valence-corrected chi connectivity index (χ0v) is 33.1. The van der Waals surface area contributed by atoms with Crippen LogP contribution in [0.5, 0.6) is 0 Å². The first-order valence-electron chi connectivity index (χ1n) is 17.0. The number of hydrogen-bond donors (Lipinski definition) is 5. The Morgan fingerprint density at radius 2 is 1.82 bits per heavy atom. The number of halogens is 2. The number of aromatic amines is 1. The van der Waals surface area contributed by atoms with E-state index in [4.69, 9.17) is 39.4 Å². The lowest BCUT2D eigenvalue weighted by molar-refractivity contribution is -0.0586. The summed E-state index contributed by atoms with van der Waals surface area (Å²) in [5.74, 6) is -1.41. The summed E-state index contributed by atoms with van der Waals surface area (Å²) in [5, 5.41) is 13.5. The second kappa shape index (κ2) is 15.5. The quantitative estimate of drug-likeness (QED) is 0.122. The van der Waals surface area contributed by atoms with Crippen LogP contribution in [0, 0.1) is 5.82 Å². The third-order valence-electron chi connectivity index (χ3n) is 9.35. The molecule has 0 radical (unpaired) electrons. The zero-order chi connectivity index (χ0) is 40.4. The van der Waals surface area contributed by atoms with Gasteiger partial charge in [-0.15, -0.1) is 0 Å². The van der Waals surface area contributed by atoms with Gasteiger partial charge in [0.15, 0.2) is 47.1 Å². The molecule has 3 fully saturated rings. The molecule has 3 aliphatic heterocycles. The Labute approximate surface area is 330 Å². The van der Waals surface area contributed by atoms with E-state index in [1.807, 2.05) is 31.1 Å². The number of rotatable bonds is 6. The number of alkyl halides is 1. The maximum absolute atomic E-state index is 16.5. The van der Waals surface area contributed by atoms with E-state index in [1.54, 1.807) is 12.1 Å². The number of amides is 1. The average Bonchev–Trinajstić information content (AvgIpc) is 3.89. The van der Waals surface area contributed by atoms with Crippen LogP contribution in [0.25, 0.3) is 22.2 Å². The highest BCUT2D eigenvalue weighted by Gasteiger charge is 2.53. The first-order chi connectivity index (χ1) is 27.1. The molecule has 1 aromatic carbocycles. The number of ether oxygens (including phenoxy) is 2. The van der Waals surface area contributed by atoms with E-state index in [0.717, 1.165) is 29.0 Å². The summed E-state index contributed by atoms with van der Waals surface area (Å²) in [7, 11) is 3.74. The number of carbonyl (C=O) groups is 1. The van der Waals surface area contributed by atoms with Crippen LogP contribution >= 0.6 is 25.8 Å². The number of anilines is 1. The van der Waals surface area contributed by atoms with E-state index in [2.05, 4.69) is 42.5 Å². The molecule has 4 N–H and O–H groups in total. The van der Waals surface area contributed by atoms with Crippen molar-refractivity contribution in [1.82, 2.24) is 39.0 Å². The van der Waals surface area contributed by atoms with Crippen LogP contribution in [-0.2, 0) is 50.5 Å². The topological polar surface area (TPSA) is 240 Å². The van der Waals surface area contributed by atoms with Crippen molar-refractivity contribution < 1.29 is 55.7 Å². The van der Waals surface area contributed by atoms with Crippen molar-refractivity contribution >= 4 is 71.5 Å². The van der Waals surface area contributed by atoms with Gasteiger partial charge in [0.05, 0.1) is 25.9 Å². The van der Waals surface area contributed by atoms with E-state index in [0.29, 0.717) is 12.1 Å². The highest BCUT2D eigenvalue weighted by atomic mass is 32.7. The minimum atomic E-state index is -4.52. The first kappa shape index (κ1) is 40.2. The van der Waals surface area contributed by atoms with Crippen LogP contribution in [0.1, 0.15) is 28.4 Å². The molecule has 2 bridgehead atoms. The molecule has 2 unspecified atom stereocenters. The molecule has 1 amide bonds. The van der Waals surface area contributed by atoms with E-state index >= 15 is 4.39 Å². The Kier molecular flexibility index (Phi) is 10.9. The second-order valence-corrected chi connectivity index (χ2v) is 19.1. The van der Waals surface area contributed by atoms with E-state index in [-0.39, 0.29) is 22.6 Å². The summed E-state index contributed by atoms with van der Waals surface area (Å²) in [6, 6.07) is 7.04. The molecule has 4 aromatic heterocycles. The molecular formula is C31H33F2N9O11P2S2. The third-order valence-corrected chi connectivity index (χ3v) is 12.5. The number of nitrogens with one attached hydrogen (secondary N) is 2. The molecule has 10 atom stereocenters. The molecule has 7 heterocycles. The molecule has 0 aliphatic carbocycles. The van der Waals surface area contributed by atoms with Crippen LogP contribution in [0.15, 0.2) is 54.2 Å². The van der Waals surface area contributed by atoms with Gasteiger partial charge in [0, 0.05) is 18.3 Å². The lowest BCUT2D eigenvalue weighted by atomic mass is 10.1. The highest BCUT2D eigenvalue weighted by molar-refractivity contribution is 8.44. The molecule has 26 heteroatoms. The number of thiol groups is 1. The Bertz CT molecular complexity index is 2510. The summed E-state index contributed by atoms with van der Waals surface area (Å²) in [4.78, 5) is 57.9. The minimum Gasteiger partial charge on any atom is -0.387 e. The fraction of sp³-hybridized carbons (Fsp3) is 0.419. The van der Waals surface area contributed by atoms with Gasteiger partial charge in [-0.1, -0.05) is 30.4 Å². The summed E-state index contributed by atoms with van der Waals surface area (Å²) < 4.78 is 81.6. The molecular weight excluding hydrogens is 838 g/mol. The lowest BCUT2D eigenvalue weighted by Crippen LogP contribution is -2.35. The summed E-state index contributed by atoms with van der Waals surface area (Å²) >= 11 is 9.29. The summed E-state index contributed by atoms with van der Waals surface area (Å²) in [6.07, 6.45) is -8.79. The molecule has 304 valence electrons. The zero-order valence-electron chi connectivity index (χ0n) is 29.6. The Morgan fingerprint density at radius 3 is 2.61 bits per heavy atom. The van der Waals surface area contributed by atoms with Gasteiger partial charge < -0.3 is 43.8 Å². The van der Waals surface area contributed by atoms with Crippen molar-refractivity contribution in [2.75, 3.05) is 32.6 Å². The predicted molar refractivity (Wildman–Crippen MR) is 201 cm³/mol. The van der Waals surface area contributed by atoms with Gasteiger partial charge in [-0.25, -0.2) is 33.3 Å². The molecule has 8 rings (SSSR count). The molecule has 0 spiro atoms. The number of hydrogen-bond acceptors (Lipinski definition) is 16. The maximum Gasteiger partial charge on any atom is 0.386 e. The van der Waals surface area contributed by atoms with Crippen LogP contribution in [0.4, 0.5) is 14.6 Å². The smallest absolute Gasteiger partial charge is 0.386 e. The van der Waals surface area contributed by atoms with Gasteiger partial charge in [-0.3, -0.25) is 27.7 Å². The minimum absolute atomic E-state index is 0.0286. The van der Waals surface area contributed by atoms with Crippen LogP contribution < -0.4 is 10.9 Å². The Morgan fingerprint density at radius 1 is 1.07 bits per heavy atom. The Hall–Kier alpha value is -3.61. The summed E-state index contributed by atoms with van der Waals surface area (Å²) in [6.45, 7) is -9.84. The molecule has 5 aromatic rings. The number of nitrogens with zero attached hydrogens (tertiary/aromatic N) is 7. The van der Waals surface area contributed by atoms with Gasteiger partial charge >= 0.3 is 13.5 Å². The molecule has 57 heavy (non-hydrogen) atoms. The van der Waals surface area contributed by atoms with Crippen LogP contribution in [0.2, 0.25) is 0 Å². The van der Waals surface area contributed by atoms with Gasteiger partial charge in [0.1, 0.15) is 42.2 Å². The first-order valence-corrected chi connectivity index (χ1v) is 22.3. The monoisotopic (exact) mass is 871 g/mol. The SMILES string of the molecule is CN(C)Cc1ccccc1C(=O)Nc1ncnc2c1ncn2[C@@H]1O[C@@H]2COP(O)(=S)O[C@@H]3[C@H](O)[C@@H](COP(=O)(S)O[C@H]2[C@H]1F)O[C@H]3n1cc(F)c2c(=O)[nH]cnc21. The van der Waals surface area contributed by atoms with E-state index in [1.165, 1.54) is 10.9 Å². The van der Waals surface area contributed by atoms with Crippen molar-refractivity contribution in [3.05, 3.63) is 76.7 Å². The average molecular weight is 872 g/mol. The van der Waals surface area contributed by atoms with Gasteiger partial charge in [0.2, 0.25) is 0 Å². The highest BCUT2D eigenvalue weighted by Crippen LogP contribution is 2.58. The van der Waals surface area contributed by atoms with Crippen molar-refractivity contribution in [1.29, 1.82) is 0 Å². The van der Waals surface area contributed by atoms with E-state index < -0.39 is 98.5 Å². The molecule has 3 saturated heterocycles. The van der Waals surface area contributed by atoms with Crippen LogP contribution in [-0.4, -0.2) is 119 Å². The van der Waals surface area contributed by atoms with Crippen molar-refractivity contribution in [3.8, 4) is 0 Å². The predicted octanol–water partition coefficient (Wildman–Crippen LogP) is 2.58. The largest absolute Gasteiger partial charge is 0.387 e. The number of aromatic nitrogens is 7. The number of aliphatic hydroxyl groups is 1. The Balaban J connectivity index is 1.06. The second-order valence-electron chi connectivity index (χ2n) is 13.4. The third kappa shape index (κ3) is 7.82.